The molecule has 0 spiro atoms. The summed E-state index contributed by atoms with van der Waals surface area (Å²) < 4.78 is 36.3. The van der Waals surface area contributed by atoms with E-state index in [1.54, 1.807) is 0 Å². The predicted molar refractivity (Wildman–Crippen MR) is 205 cm³/mol. The maximum absolute atomic E-state index is 15.5. The van der Waals surface area contributed by atoms with E-state index < -0.39 is 28.2 Å². The highest BCUT2D eigenvalue weighted by molar-refractivity contribution is 6.61. The van der Waals surface area contributed by atoms with E-state index in [-0.39, 0.29) is 62.5 Å². The maximum Gasteiger partial charge on any atom is 0.263 e. The van der Waals surface area contributed by atoms with Crippen LogP contribution in [0.3, 0.4) is 0 Å². The smallest absolute Gasteiger partial charge is 0.263 e. The lowest BCUT2D eigenvalue weighted by molar-refractivity contribution is -0.159. The number of nitrogens with zero attached hydrogens (tertiary/aromatic N) is 7. The quantitative estimate of drug-likeness (QED) is 0.259. The van der Waals surface area contributed by atoms with Crippen molar-refractivity contribution in [2.24, 2.45) is 5.92 Å². The van der Waals surface area contributed by atoms with Crippen LogP contribution < -0.4 is 21.5 Å². The highest BCUT2D eigenvalue weighted by Crippen LogP contribution is 2.46. The van der Waals surface area contributed by atoms with Crippen LogP contribution in [0.15, 0.2) is 18.6 Å². The number of rotatable bonds is 5. The van der Waals surface area contributed by atoms with Gasteiger partial charge in [0.05, 0.1) is 43.5 Å². The number of nitrogens with one attached hydrogen (secondary N) is 1. The highest BCUT2D eigenvalue weighted by Gasteiger charge is 2.65. The van der Waals surface area contributed by atoms with E-state index in [4.69, 9.17) is 10.5 Å². The summed E-state index contributed by atoms with van der Waals surface area (Å²) in [4.78, 5) is 42.8. The van der Waals surface area contributed by atoms with Crippen LogP contribution in [0.5, 0.6) is 0 Å². The summed E-state index contributed by atoms with van der Waals surface area (Å²) in [6, 6.07) is 0.284. The molecular weight excluding hydrogens is 610 g/mol. The van der Waals surface area contributed by atoms with Crippen LogP contribution in [0.2, 0.25) is 0 Å². The Bertz CT molecular complexity index is 1780. The third-order valence-corrected chi connectivity index (χ3v) is 11.8. The van der Waals surface area contributed by atoms with Gasteiger partial charge in [0.25, 0.3) is 5.91 Å². The molecule has 0 bridgehead atoms. The molecule has 6 rings (SSSR count). The lowest BCUT2D eigenvalue weighted by Crippen LogP contribution is -2.94. The van der Waals surface area contributed by atoms with Crippen molar-refractivity contribution in [3.05, 3.63) is 35.8 Å². The first kappa shape index (κ1) is 34.5. The van der Waals surface area contributed by atoms with Crippen LogP contribution >= 0.6 is 0 Å². The van der Waals surface area contributed by atoms with Gasteiger partial charge in [-0.05, 0) is 34.2 Å². The molecule has 48 heavy (non-hydrogen) atoms. The number of amides is 2. The standard InChI is InChI=1S/C25H38B9F2N9O3/c26-17-13(36)7-43-19(40-17)15(18(37)41-43)20(46)39-14-6-38-5-12(35)16(14)42-3-1-10(2-4-42)21(47)45-24(31,32)22(27,28)44(11-8-48-9-11)23(29,30)25(45,33)34/h5-7,10-11H,1-4,8-9,26-34H2,(H2,37,41)(H,39,46). The molecule has 23 heteroatoms. The van der Waals surface area contributed by atoms with E-state index in [9.17, 15) is 14.0 Å². The summed E-state index contributed by atoms with van der Waals surface area (Å²) >= 11 is 0. The molecule has 3 aliphatic rings. The number of hydrogen-bond donors (Lipinski definition) is 2. The molecule has 3 aliphatic heterocycles. The van der Waals surface area contributed by atoms with Gasteiger partial charge in [0.15, 0.2) is 30.9 Å². The number of anilines is 3. The number of piperidine rings is 1. The molecule has 3 saturated heterocycles. The van der Waals surface area contributed by atoms with Crippen molar-refractivity contribution in [2.75, 3.05) is 42.3 Å². The third-order valence-electron chi connectivity index (χ3n) is 11.8. The van der Waals surface area contributed by atoms with Gasteiger partial charge in [0, 0.05) is 24.6 Å². The second-order valence-corrected chi connectivity index (χ2v) is 15.4. The molecule has 0 saturated carbocycles. The minimum atomic E-state index is -0.679. The summed E-state index contributed by atoms with van der Waals surface area (Å²) in [5, 5.41) is 5.02. The Balaban J connectivity index is 1.23. The molecule has 3 aromatic rings. The van der Waals surface area contributed by atoms with Gasteiger partial charge in [0.1, 0.15) is 74.0 Å². The first-order valence-electron chi connectivity index (χ1n) is 16.5. The summed E-state index contributed by atoms with van der Waals surface area (Å²) in [6.07, 6.45) is 4.58. The summed E-state index contributed by atoms with van der Waals surface area (Å²) in [7, 11) is 19.0. The Labute approximate surface area is 287 Å². The summed E-state index contributed by atoms with van der Waals surface area (Å²) in [5.41, 5.74) is 6.45. The number of nitrogen functional groups attached to an aromatic ring is 1. The first-order valence-corrected chi connectivity index (χ1v) is 16.5. The van der Waals surface area contributed by atoms with E-state index in [0.717, 1.165) is 16.9 Å². The number of ether oxygens (including phenoxy) is 1. The molecule has 0 radical (unpaired) electrons. The predicted octanol–water partition coefficient (Wildman–Crippen LogP) is -9.07. The van der Waals surface area contributed by atoms with E-state index in [1.807, 2.05) is 4.90 Å². The fourth-order valence-corrected chi connectivity index (χ4v) is 8.20. The molecule has 242 valence electrons. The van der Waals surface area contributed by atoms with Gasteiger partial charge >= 0.3 is 0 Å². The van der Waals surface area contributed by atoms with Crippen molar-refractivity contribution in [3.63, 3.8) is 0 Å². The first-order chi connectivity index (χ1) is 22.3. The number of fused-ring (bicyclic) bond motifs is 1. The molecule has 3 N–H and O–H groups in total. The molecule has 6 heterocycles. The lowest BCUT2D eigenvalue weighted by Gasteiger charge is -2.76. The molecule has 0 unspecified atom stereocenters. The molecule has 3 aromatic heterocycles. The Morgan fingerprint density at radius 3 is 2.10 bits per heavy atom. The Morgan fingerprint density at radius 2 is 1.54 bits per heavy atom. The normalized spacial score (nSPS) is 22.3. The fourth-order valence-electron chi connectivity index (χ4n) is 8.20. The van der Waals surface area contributed by atoms with Gasteiger partial charge in [-0.2, -0.15) is 0 Å². The second kappa shape index (κ2) is 11.6. The summed E-state index contributed by atoms with van der Waals surface area (Å²) in [5.74, 6) is -2.19. The average molecular weight is 648 g/mol. The monoisotopic (exact) mass is 649 g/mol. The molecule has 0 aliphatic carbocycles. The van der Waals surface area contributed by atoms with Crippen LogP contribution in [-0.2, 0) is 9.53 Å². The second-order valence-electron chi connectivity index (χ2n) is 15.4. The molecular formula is C25H38B9F2N9O3. The number of pyridine rings is 1. The van der Waals surface area contributed by atoms with Crippen molar-refractivity contribution >= 4 is 111 Å². The van der Waals surface area contributed by atoms with Crippen molar-refractivity contribution in [1.82, 2.24) is 29.4 Å². The lowest BCUT2D eigenvalue weighted by atomic mass is 9.26. The number of hydrogen-bond acceptors (Lipinski definition) is 9. The number of piperazine rings is 1. The van der Waals surface area contributed by atoms with Crippen molar-refractivity contribution in [1.29, 1.82) is 0 Å². The maximum atomic E-state index is 15.5. The topological polar surface area (TPSA) is 134 Å². The number of aromatic nitrogens is 4. The number of carbonyl (C=O) groups excluding carboxylic acids is 2. The van der Waals surface area contributed by atoms with Crippen LogP contribution in [-0.4, -0.2) is 166 Å². The zero-order valence-electron chi connectivity index (χ0n) is 29.3. The van der Waals surface area contributed by atoms with Gasteiger partial charge in [-0.3, -0.25) is 14.6 Å². The Kier molecular flexibility index (Phi) is 8.37. The summed E-state index contributed by atoms with van der Waals surface area (Å²) in [6.45, 7) is 2.16. The minimum Gasteiger partial charge on any atom is -0.381 e. The molecule has 0 aromatic carbocycles. The molecule has 2 amide bonds. The van der Waals surface area contributed by atoms with Crippen LogP contribution in [0, 0.1) is 17.6 Å². The Morgan fingerprint density at radius 1 is 0.938 bits per heavy atom. The van der Waals surface area contributed by atoms with Crippen molar-refractivity contribution < 1.29 is 23.1 Å². The molecule has 12 nitrogen and oxygen atoms in total. The number of nitrogens with two attached hydrogens (primary N) is 1. The molecule has 0 atom stereocenters. The largest absolute Gasteiger partial charge is 0.381 e. The van der Waals surface area contributed by atoms with Gasteiger partial charge in [-0.15, -0.1) is 5.10 Å². The van der Waals surface area contributed by atoms with Crippen LogP contribution in [0.1, 0.15) is 23.2 Å². The SMILES string of the molecule is Bc1nc2c(C(=O)Nc3cncc(F)c3N3CCC(C(=O)N4C(B)(B)C(B)(B)N(C5COC5)C(B)(B)C4(B)B)CC3)c(N)nn2cc1F. The van der Waals surface area contributed by atoms with Gasteiger partial charge in [-0.1, -0.05) is 0 Å². The van der Waals surface area contributed by atoms with Gasteiger partial charge in [-0.25, -0.2) is 18.3 Å². The van der Waals surface area contributed by atoms with Crippen molar-refractivity contribution in [3.8, 4) is 0 Å². The van der Waals surface area contributed by atoms with E-state index in [2.05, 4.69) is 93.0 Å². The molecule has 3 fully saturated rings. The van der Waals surface area contributed by atoms with Crippen molar-refractivity contribution in [2.45, 2.75) is 40.2 Å². The highest BCUT2D eigenvalue weighted by atomic mass is 19.1. The zero-order valence-corrected chi connectivity index (χ0v) is 29.3. The average Bonchev–Trinajstić information content (AvgIpc) is 3.28. The van der Waals surface area contributed by atoms with Crippen LogP contribution in [0.25, 0.3) is 5.65 Å². The zero-order chi connectivity index (χ0) is 35.1. The van der Waals surface area contributed by atoms with Gasteiger partial charge in [0.2, 0.25) is 5.91 Å². The van der Waals surface area contributed by atoms with E-state index in [1.165, 1.54) is 14.0 Å². The van der Waals surface area contributed by atoms with E-state index in [0.29, 0.717) is 39.1 Å². The van der Waals surface area contributed by atoms with E-state index >= 15 is 4.39 Å². The Hall–Kier alpha value is -3.33. The minimum absolute atomic E-state index is 0.0568. The third kappa shape index (κ3) is 5.09. The fraction of sp³-hybridized carbons (Fsp3) is 0.480. The van der Waals surface area contributed by atoms with Crippen LogP contribution in [0.4, 0.5) is 26.0 Å². The number of carbonyl (C=O) groups is 2. The number of halogens is 2. The van der Waals surface area contributed by atoms with Gasteiger partial charge < -0.3 is 30.5 Å².